The van der Waals surface area contributed by atoms with E-state index in [4.69, 9.17) is 10.7 Å². The summed E-state index contributed by atoms with van der Waals surface area (Å²) in [5, 5.41) is 0. The van der Waals surface area contributed by atoms with Crippen molar-refractivity contribution in [3.8, 4) is 11.3 Å². The zero-order valence-corrected chi connectivity index (χ0v) is 12.2. The molecule has 1 aliphatic carbocycles. The van der Waals surface area contributed by atoms with Crippen molar-refractivity contribution < 1.29 is 0 Å². The van der Waals surface area contributed by atoms with Gasteiger partial charge in [-0.15, -0.1) is 0 Å². The number of hydrogen-bond acceptors (Lipinski definition) is 3. The SMILES string of the molecule is Cc1ccc(-c2ccnc(C3(CN)CCC3)n2)c(C)c1. The molecule has 1 aliphatic rings. The van der Waals surface area contributed by atoms with Crippen molar-refractivity contribution in [1.82, 2.24) is 9.97 Å². The molecule has 0 saturated heterocycles. The minimum atomic E-state index is 0.0224. The van der Waals surface area contributed by atoms with Gasteiger partial charge in [0.2, 0.25) is 0 Å². The van der Waals surface area contributed by atoms with E-state index in [-0.39, 0.29) is 5.41 Å². The topological polar surface area (TPSA) is 51.8 Å². The van der Waals surface area contributed by atoms with Crippen molar-refractivity contribution in [1.29, 1.82) is 0 Å². The second-order valence-corrected chi connectivity index (χ2v) is 5.92. The fourth-order valence-corrected chi connectivity index (χ4v) is 2.99. The van der Waals surface area contributed by atoms with E-state index >= 15 is 0 Å². The molecule has 1 saturated carbocycles. The van der Waals surface area contributed by atoms with Crippen molar-refractivity contribution in [2.45, 2.75) is 38.5 Å². The number of aromatic nitrogens is 2. The van der Waals surface area contributed by atoms with Gasteiger partial charge in [0.1, 0.15) is 5.82 Å². The van der Waals surface area contributed by atoms with Crippen molar-refractivity contribution in [2.75, 3.05) is 6.54 Å². The standard InChI is InChI=1S/C17H21N3/c1-12-4-5-14(13(2)10-12)15-6-9-19-16(20-15)17(11-18)7-3-8-17/h4-6,9-10H,3,7-8,11,18H2,1-2H3. The van der Waals surface area contributed by atoms with Gasteiger partial charge in [-0.1, -0.05) is 30.2 Å². The van der Waals surface area contributed by atoms with Gasteiger partial charge in [-0.05, 0) is 38.3 Å². The van der Waals surface area contributed by atoms with Crippen LogP contribution < -0.4 is 5.73 Å². The van der Waals surface area contributed by atoms with Crippen molar-refractivity contribution in [3.63, 3.8) is 0 Å². The molecule has 20 heavy (non-hydrogen) atoms. The highest BCUT2D eigenvalue weighted by atomic mass is 14.9. The molecule has 1 heterocycles. The van der Waals surface area contributed by atoms with Gasteiger partial charge < -0.3 is 5.73 Å². The lowest BCUT2D eigenvalue weighted by molar-refractivity contribution is 0.238. The molecule has 0 spiro atoms. The van der Waals surface area contributed by atoms with Crippen LogP contribution in [0.15, 0.2) is 30.5 Å². The maximum absolute atomic E-state index is 5.96. The molecule has 2 N–H and O–H groups in total. The van der Waals surface area contributed by atoms with Crippen molar-refractivity contribution in [3.05, 3.63) is 47.4 Å². The Balaban J connectivity index is 2.03. The second-order valence-electron chi connectivity index (χ2n) is 5.92. The van der Waals surface area contributed by atoms with E-state index in [2.05, 4.69) is 37.0 Å². The Morgan fingerprint density at radius 3 is 2.60 bits per heavy atom. The summed E-state index contributed by atoms with van der Waals surface area (Å²) < 4.78 is 0. The number of benzene rings is 1. The molecule has 3 heteroatoms. The van der Waals surface area contributed by atoms with E-state index in [1.54, 1.807) is 0 Å². The molecule has 3 nitrogen and oxygen atoms in total. The van der Waals surface area contributed by atoms with Crippen LogP contribution in [-0.4, -0.2) is 16.5 Å². The summed E-state index contributed by atoms with van der Waals surface area (Å²) in [6.45, 7) is 4.88. The molecule has 1 aromatic carbocycles. The summed E-state index contributed by atoms with van der Waals surface area (Å²) in [5.41, 5.74) is 10.7. The first-order valence-electron chi connectivity index (χ1n) is 7.26. The van der Waals surface area contributed by atoms with Crippen LogP contribution in [0.25, 0.3) is 11.3 Å². The van der Waals surface area contributed by atoms with Crippen LogP contribution in [0.1, 0.15) is 36.2 Å². The Morgan fingerprint density at radius 2 is 2.00 bits per heavy atom. The predicted molar refractivity (Wildman–Crippen MR) is 81.5 cm³/mol. The van der Waals surface area contributed by atoms with Gasteiger partial charge in [-0.2, -0.15) is 0 Å². The highest BCUT2D eigenvalue weighted by Crippen LogP contribution is 2.41. The van der Waals surface area contributed by atoms with E-state index < -0.39 is 0 Å². The first-order valence-corrected chi connectivity index (χ1v) is 7.26. The van der Waals surface area contributed by atoms with Crippen LogP contribution in [-0.2, 0) is 5.41 Å². The van der Waals surface area contributed by atoms with E-state index in [0.29, 0.717) is 6.54 Å². The molecule has 1 aromatic heterocycles. The Hall–Kier alpha value is -1.74. The summed E-state index contributed by atoms with van der Waals surface area (Å²) >= 11 is 0. The van der Waals surface area contributed by atoms with Gasteiger partial charge in [-0.25, -0.2) is 9.97 Å². The number of nitrogens with two attached hydrogens (primary N) is 1. The summed E-state index contributed by atoms with van der Waals surface area (Å²) in [4.78, 5) is 9.29. The molecule has 104 valence electrons. The summed E-state index contributed by atoms with van der Waals surface area (Å²) in [6.07, 6.45) is 5.32. The minimum absolute atomic E-state index is 0.0224. The summed E-state index contributed by atoms with van der Waals surface area (Å²) in [5.74, 6) is 0.920. The molecule has 0 radical (unpaired) electrons. The van der Waals surface area contributed by atoms with Crippen LogP contribution in [0.2, 0.25) is 0 Å². The van der Waals surface area contributed by atoms with Crippen LogP contribution >= 0.6 is 0 Å². The lowest BCUT2D eigenvalue weighted by Crippen LogP contribution is -2.43. The Kier molecular flexibility index (Phi) is 3.30. The first kappa shape index (κ1) is 13.3. The zero-order valence-electron chi connectivity index (χ0n) is 12.2. The van der Waals surface area contributed by atoms with Gasteiger partial charge in [0, 0.05) is 23.7 Å². The quantitative estimate of drug-likeness (QED) is 0.929. The van der Waals surface area contributed by atoms with E-state index in [9.17, 15) is 0 Å². The van der Waals surface area contributed by atoms with Gasteiger partial charge in [0.25, 0.3) is 0 Å². The van der Waals surface area contributed by atoms with E-state index in [1.165, 1.54) is 23.1 Å². The number of hydrogen-bond donors (Lipinski definition) is 1. The third kappa shape index (κ3) is 2.12. The van der Waals surface area contributed by atoms with Crippen LogP contribution in [0.5, 0.6) is 0 Å². The first-order chi connectivity index (χ1) is 9.64. The molecule has 0 bridgehead atoms. The van der Waals surface area contributed by atoms with Crippen LogP contribution in [0.3, 0.4) is 0 Å². The molecular weight excluding hydrogens is 246 g/mol. The molecule has 0 atom stereocenters. The van der Waals surface area contributed by atoms with Crippen LogP contribution in [0, 0.1) is 13.8 Å². The second kappa shape index (κ2) is 4.98. The lowest BCUT2D eigenvalue weighted by atomic mass is 9.68. The molecule has 0 unspecified atom stereocenters. The summed E-state index contributed by atoms with van der Waals surface area (Å²) in [6, 6.07) is 8.46. The van der Waals surface area contributed by atoms with Crippen molar-refractivity contribution >= 4 is 0 Å². The molecular formula is C17H21N3. The van der Waals surface area contributed by atoms with Gasteiger partial charge in [0.15, 0.2) is 0 Å². The molecule has 3 rings (SSSR count). The third-order valence-electron chi connectivity index (χ3n) is 4.49. The normalized spacial score (nSPS) is 16.8. The van der Waals surface area contributed by atoms with Crippen LogP contribution in [0.4, 0.5) is 0 Å². The molecule has 0 aliphatic heterocycles. The van der Waals surface area contributed by atoms with Gasteiger partial charge >= 0.3 is 0 Å². The maximum atomic E-state index is 5.96. The maximum Gasteiger partial charge on any atom is 0.136 e. The zero-order chi connectivity index (χ0) is 14.2. The highest BCUT2D eigenvalue weighted by molar-refractivity contribution is 5.63. The Bertz CT molecular complexity index is 624. The van der Waals surface area contributed by atoms with Crippen molar-refractivity contribution in [2.24, 2.45) is 5.73 Å². The van der Waals surface area contributed by atoms with E-state index in [1.807, 2.05) is 12.3 Å². The number of aryl methyl sites for hydroxylation is 2. The molecule has 2 aromatic rings. The number of rotatable bonds is 3. The average molecular weight is 267 g/mol. The fraction of sp³-hybridized carbons (Fsp3) is 0.412. The average Bonchev–Trinajstić information content (AvgIpc) is 2.38. The van der Waals surface area contributed by atoms with Gasteiger partial charge in [-0.3, -0.25) is 0 Å². The summed E-state index contributed by atoms with van der Waals surface area (Å²) in [7, 11) is 0. The lowest BCUT2D eigenvalue weighted by Gasteiger charge is -2.39. The highest BCUT2D eigenvalue weighted by Gasteiger charge is 2.40. The predicted octanol–water partition coefficient (Wildman–Crippen LogP) is 3.14. The van der Waals surface area contributed by atoms with Gasteiger partial charge in [0.05, 0.1) is 5.69 Å². The smallest absolute Gasteiger partial charge is 0.136 e. The third-order valence-corrected chi connectivity index (χ3v) is 4.49. The van der Waals surface area contributed by atoms with E-state index in [0.717, 1.165) is 24.4 Å². The number of nitrogens with zero attached hydrogens (tertiary/aromatic N) is 2. The Morgan fingerprint density at radius 1 is 1.20 bits per heavy atom. The molecule has 0 amide bonds. The molecule has 1 fully saturated rings. The monoisotopic (exact) mass is 267 g/mol. The minimum Gasteiger partial charge on any atom is -0.329 e. The largest absolute Gasteiger partial charge is 0.329 e. The Labute approximate surface area is 120 Å². The fourth-order valence-electron chi connectivity index (χ4n) is 2.99.